The van der Waals surface area contributed by atoms with E-state index in [2.05, 4.69) is 16.8 Å². The van der Waals surface area contributed by atoms with Gasteiger partial charge in [-0.25, -0.2) is 4.98 Å². The van der Waals surface area contributed by atoms with Crippen molar-refractivity contribution in [3.63, 3.8) is 0 Å². The van der Waals surface area contributed by atoms with Crippen molar-refractivity contribution in [1.29, 1.82) is 0 Å². The summed E-state index contributed by atoms with van der Waals surface area (Å²) in [4.78, 5) is 7.70. The summed E-state index contributed by atoms with van der Waals surface area (Å²) in [6.45, 7) is 6.57. The van der Waals surface area contributed by atoms with Crippen LogP contribution in [0.15, 0.2) is 0 Å². The summed E-state index contributed by atoms with van der Waals surface area (Å²) in [5.41, 5.74) is 0.941. The Bertz CT molecular complexity index is 340. The molecule has 1 aromatic rings. The Hall–Kier alpha value is -0.650. The second kappa shape index (κ2) is 4.47. The average molecular weight is 228 g/mol. The smallest absolute Gasteiger partial charge is 0.186 e. The molecule has 2 rings (SSSR count). The number of aliphatic hydroxyl groups excluding tert-OH is 1. The number of anilines is 1. The molecule has 0 saturated carbocycles. The first-order valence-corrected chi connectivity index (χ1v) is 5.95. The van der Waals surface area contributed by atoms with Gasteiger partial charge in [0.1, 0.15) is 0 Å². The largest absolute Gasteiger partial charge is 0.391 e. The van der Waals surface area contributed by atoms with Crippen LogP contribution < -0.4 is 4.90 Å². The van der Waals surface area contributed by atoms with Gasteiger partial charge in [0.05, 0.1) is 36.4 Å². The molecule has 0 radical (unpaired) electrons. The van der Waals surface area contributed by atoms with Crippen molar-refractivity contribution in [2.45, 2.75) is 26.5 Å². The molecular weight excluding hydrogens is 212 g/mol. The Balaban J connectivity index is 2.20. The molecule has 0 bridgehead atoms. The SMILES string of the molecule is Cc1nc(N2CCOCC2C)sc1CO. The van der Waals surface area contributed by atoms with Crippen molar-refractivity contribution < 1.29 is 9.84 Å². The third kappa shape index (κ3) is 2.14. The van der Waals surface area contributed by atoms with Gasteiger partial charge in [-0.05, 0) is 13.8 Å². The molecule has 1 aliphatic rings. The molecule has 0 aliphatic carbocycles. The van der Waals surface area contributed by atoms with Crippen molar-refractivity contribution in [3.05, 3.63) is 10.6 Å². The van der Waals surface area contributed by atoms with E-state index >= 15 is 0 Å². The Morgan fingerprint density at radius 3 is 3.07 bits per heavy atom. The third-order valence-corrected chi connectivity index (χ3v) is 3.82. The fraction of sp³-hybridized carbons (Fsp3) is 0.700. The van der Waals surface area contributed by atoms with Gasteiger partial charge in [0.15, 0.2) is 5.13 Å². The number of hydrogen-bond acceptors (Lipinski definition) is 5. The molecule has 4 nitrogen and oxygen atoms in total. The van der Waals surface area contributed by atoms with E-state index < -0.39 is 0 Å². The van der Waals surface area contributed by atoms with Crippen LogP contribution in [-0.2, 0) is 11.3 Å². The van der Waals surface area contributed by atoms with Crippen LogP contribution in [0.5, 0.6) is 0 Å². The van der Waals surface area contributed by atoms with Crippen LogP contribution in [0.4, 0.5) is 5.13 Å². The number of rotatable bonds is 2. The highest BCUT2D eigenvalue weighted by Crippen LogP contribution is 2.28. The van der Waals surface area contributed by atoms with Gasteiger partial charge in [0.25, 0.3) is 0 Å². The van der Waals surface area contributed by atoms with Crippen molar-refractivity contribution >= 4 is 16.5 Å². The maximum absolute atomic E-state index is 9.12. The molecular formula is C10H16N2O2S. The molecule has 5 heteroatoms. The van der Waals surface area contributed by atoms with Gasteiger partial charge < -0.3 is 14.7 Å². The number of aliphatic hydroxyl groups is 1. The molecule has 1 aromatic heterocycles. The average Bonchev–Trinajstić information content (AvgIpc) is 2.60. The van der Waals surface area contributed by atoms with E-state index in [1.54, 1.807) is 11.3 Å². The lowest BCUT2D eigenvalue weighted by Crippen LogP contribution is -2.43. The molecule has 1 saturated heterocycles. The number of nitrogens with zero attached hydrogens (tertiary/aromatic N) is 2. The van der Waals surface area contributed by atoms with E-state index in [-0.39, 0.29) is 6.61 Å². The molecule has 1 atom stereocenters. The lowest BCUT2D eigenvalue weighted by molar-refractivity contribution is 0.0989. The molecule has 1 fully saturated rings. The molecule has 0 aromatic carbocycles. The second-order valence-electron chi connectivity index (χ2n) is 3.78. The fourth-order valence-corrected chi connectivity index (χ4v) is 2.74. The highest BCUT2D eigenvalue weighted by Gasteiger charge is 2.22. The van der Waals surface area contributed by atoms with Crippen LogP contribution in [0.2, 0.25) is 0 Å². The van der Waals surface area contributed by atoms with Crippen molar-refractivity contribution in [3.8, 4) is 0 Å². The molecule has 1 unspecified atom stereocenters. The van der Waals surface area contributed by atoms with Crippen LogP contribution in [-0.4, -0.2) is 35.9 Å². The lowest BCUT2D eigenvalue weighted by Gasteiger charge is -2.32. The Morgan fingerprint density at radius 2 is 2.47 bits per heavy atom. The van der Waals surface area contributed by atoms with Gasteiger partial charge in [-0.15, -0.1) is 0 Å². The first kappa shape index (κ1) is 10.9. The zero-order valence-electron chi connectivity index (χ0n) is 9.06. The molecule has 0 amide bonds. The zero-order chi connectivity index (χ0) is 10.8. The zero-order valence-corrected chi connectivity index (χ0v) is 9.88. The monoisotopic (exact) mass is 228 g/mol. The summed E-state index contributed by atoms with van der Waals surface area (Å²) in [6, 6.07) is 0.371. The number of aromatic nitrogens is 1. The van der Waals surface area contributed by atoms with Crippen molar-refractivity contribution in [2.24, 2.45) is 0 Å². The minimum atomic E-state index is 0.0855. The van der Waals surface area contributed by atoms with Gasteiger partial charge in [-0.1, -0.05) is 11.3 Å². The standard InChI is InChI=1S/C10H16N2O2S/c1-7-6-14-4-3-12(7)10-11-8(2)9(5-13)15-10/h7,13H,3-6H2,1-2H3. The first-order valence-electron chi connectivity index (χ1n) is 5.14. The van der Waals surface area contributed by atoms with E-state index in [0.717, 1.165) is 35.5 Å². The summed E-state index contributed by atoms with van der Waals surface area (Å²) < 4.78 is 5.38. The molecule has 1 aliphatic heterocycles. The minimum Gasteiger partial charge on any atom is -0.391 e. The molecule has 1 N–H and O–H groups in total. The van der Waals surface area contributed by atoms with Crippen LogP contribution in [0.1, 0.15) is 17.5 Å². The summed E-state index contributed by atoms with van der Waals surface area (Å²) in [7, 11) is 0. The normalized spacial score (nSPS) is 22.1. The molecule has 15 heavy (non-hydrogen) atoms. The van der Waals surface area contributed by atoms with Gasteiger partial charge >= 0.3 is 0 Å². The maximum Gasteiger partial charge on any atom is 0.186 e. The molecule has 2 heterocycles. The highest BCUT2D eigenvalue weighted by molar-refractivity contribution is 7.15. The number of aryl methyl sites for hydroxylation is 1. The quantitative estimate of drug-likeness (QED) is 0.825. The number of ether oxygens (including phenoxy) is 1. The molecule has 84 valence electrons. The molecule has 0 spiro atoms. The van der Waals surface area contributed by atoms with Crippen molar-refractivity contribution in [2.75, 3.05) is 24.7 Å². The van der Waals surface area contributed by atoms with E-state index in [1.165, 1.54) is 0 Å². The van der Waals surface area contributed by atoms with Crippen LogP contribution >= 0.6 is 11.3 Å². The topological polar surface area (TPSA) is 45.6 Å². The van der Waals surface area contributed by atoms with E-state index in [0.29, 0.717) is 6.04 Å². The number of morpholine rings is 1. The van der Waals surface area contributed by atoms with Gasteiger partial charge in [-0.2, -0.15) is 0 Å². The van der Waals surface area contributed by atoms with Gasteiger partial charge in [0, 0.05) is 6.54 Å². The summed E-state index contributed by atoms with van der Waals surface area (Å²) >= 11 is 1.58. The number of hydrogen-bond donors (Lipinski definition) is 1. The Labute approximate surface area is 93.5 Å². The maximum atomic E-state index is 9.12. The highest BCUT2D eigenvalue weighted by atomic mass is 32.1. The first-order chi connectivity index (χ1) is 7.22. The third-order valence-electron chi connectivity index (χ3n) is 2.64. The van der Waals surface area contributed by atoms with Crippen LogP contribution in [0.25, 0.3) is 0 Å². The lowest BCUT2D eigenvalue weighted by atomic mass is 10.3. The Kier molecular flexibility index (Phi) is 3.23. The van der Waals surface area contributed by atoms with Gasteiger partial charge in [0.2, 0.25) is 0 Å². The summed E-state index contributed by atoms with van der Waals surface area (Å²) in [5.74, 6) is 0. The number of thiazole rings is 1. The fourth-order valence-electron chi connectivity index (χ4n) is 1.69. The van der Waals surface area contributed by atoms with Gasteiger partial charge in [-0.3, -0.25) is 0 Å². The summed E-state index contributed by atoms with van der Waals surface area (Å²) in [6.07, 6.45) is 0. The van der Waals surface area contributed by atoms with Crippen molar-refractivity contribution in [1.82, 2.24) is 4.98 Å². The van der Waals surface area contributed by atoms with E-state index in [4.69, 9.17) is 9.84 Å². The Morgan fingerprint density at radius 1 is 1.67 bits per heavy atom. The second-order valence-corrected chi connectivity index (χ2v) is 4.84. The predicted molar refractivity (Wildman–Crippen MR) is 60.4 cm³/mol. The predicted octanol–water partition coefficient (Wildman–Crippen LogP) is 1.17. The summed E-state index contributed by atoms with van der Waals surface area (Å²) in [5, 5.41) is 10.1. The van der Waals surface area contributed by atoms with Crippen LogP contribution in [0.3, 0.4) is 0 Å². The van der Waals surface area contributed by atoms with E-state index in [1.807, 2.05) is 6.92 Å². The minimum absolute atomic E-state index is 0.0855. The van der Waals surface area contributed by atoms with E-state index in [9.17, 15) is 0 Å². The van der Waals surface area contributed by atoms with Crippen LogP contribution in [0, 0.1) is 6.92 Å².